The van der Waals surface area contributed by atoms with E-state index in [2.05, 4.69) is 10.3 Å². The molecule has 1 aromatic carbocycles. The Morgan fingerprint density at radius 2 is 2.00 bits per heavy atom. The average molecular weight is 530 g/mol. The number of amides is 2. The molecule has 2 heterocycles. The van der Waals surface area contributed by atoms with Crippen LogP contribution in [0.2, 0.25) is 0 Å². The van der Waals surface area contributed by atoms with Crippen LogP contribution in [0, 0.1) is 17.8 Å². The van der Waals surface area contributed by atoms with Gasteiger partial charge in [0.1, 0.15) is 24.1 Å². The van der Waals surface area contributed by atoms with Crippen LogP contribution in [0.3, 0.4) is 0 Å². The number of aromatic amines is 1. The summed E-state index contributed by atoms with van der Waals surface area (Å²) in [4.78, 5) is 56.5. The predicted molar refractivity (Wildman–Crippen MR) is 135 cm³/mol. The highest BCUT2D eigenvalue weighted by atomic mass is 19.3. The summed E-state index contributed by atoms with van der Waals surface area (Å²) in [7, 11) is 0. The summed E-state index contributed by atoms with van der Waals surface area (Å²) >= 11 is 0. The number of hydrogen-bond donors (Lipinski definition) is 3. The van der Waals surface area contributed by atoms with Crippen LogP contribution in [0.5, 0.6) is 0 Å². The van der Waals surface area contributed by atoms with E-state index < -0.39 is 42.2 Å². The van der Waals surface area contributed by atoms with Gasteiger partial charge in [-0.2, -0.15) is 0 Å². The van der Waals surface area contributed by atoms with Crippen molar-refractivity contribution in [2.24, 2.45) is 17.8 Å². The largest absolute Gasteiger partial charge is 0.389 e. The van der Waals surface area contributed by atoms with E-state index in [0.717, 1.165) is 32.6 Å². The first-order chi connectivity index (χ1) is 18.1. The van der Waals surface area contributed by atoms with Crippen LogP contribution < -0.4 is 5.32 Å². The van der Waals surface area contributed by atoms with Crippen molar-refractivity contribution < 1.29 is 33.1 Å². The van der Waals surface area contributed by atoms with Gasteiger partial charge in [0.25, 0.3) is 11.8 Å². The molecule has 1 aromatic heterocycles. The minimum absolute atomic E-state index is 0.0550. The Morgan fingerprint density at radius 3 is 2.68 bits per heavy atom. The zero-order valence-corrected chi connectivity index (χ0v) is 21.3. The molecule has 204 valence electrons. The number of Topliss-reactive ketones (excluding diaryl/α,β-unsaturated/α-hetero) is 2. The molecule has 38 heavy (non-hydrogen) atoms. The fraction of sp³-hybridized carbons (Fsp3) is 0.571. The third-order valence-electron chi connectivity index (χ3n) is 8.60. The number of nitrogens with one attached hydrogen (secondary N) is 2. The van der Waals surface area contributed by atoms with Gasteiger partial charge >= 0.3 is 0 Å². The summed E-state index contributed by atoms with van der Waals surface area (Å²) in [5, 5.41) is 12.5. The fourth-order valence-electron chi connectivity index (χ4n) is 6.72. The molecule has 10 heteroatoms. The van der Waals surface area contributed by atoms with E-state index in [0.29, 0.717) is 24.9 Å². The zero-order chi connectivity index (χ0) is 27.2. The lowest BCUT2D eigenvalue weighted by atomic mass is 9.91. The lowest BCUT2D eigenvalue weighted by Gasteiger charge is -2.29. The van der Waals surface area contributed by atoms with E-state index in [1.165, 1.54) is 23.1 Å². The number of halogens is 2. The fourth-order valence-corrected chi connectivity index (χ4v) is 6.72. The average Bonchev–Trinajstić information content (AvgIpc) is 3.65. The molecule has 1 aliphatic heterocycles. The summed E-state index contributed by atoms with van der Waals surface area (Å²) < 4.78 is 28.4. The van der Waals surface area contributed by atoms with Crippen LogP contribution in [0.1, 0.15) is 67.9 Å². The number of nitrogens with zero attached hydrogens (tertiary/aromatic N) is 1. The van der Waals surface area contributed by atoms with Gasteiger partial charge in [0, 0.05) is 42.3 Å². The van der Waals surface area contributed by atoms with Crippen LogP contribution in [0.15, 0.2) is 24.3 Å². The molecule has 3 fully saturated rings. The van der Waals surface area contributed by atoms with E-state index in [9.17, 15) is 33.1 Å². The molecule has 0 unspecified atom stereocenters. The Labute approximate surface area is 219 Å². The third kappa shape index (κ3) is 4.86. The molecule has 5 atom stereocenters. The monoisotopic (exact) mass is 529 g/mol. The Kier molecular flexibility index (Phi) is 7.11. The first-order valence-corrected chi connectivity index (χ1v) is 13.4. The lowest BCUT2D eigenvalue weighted by Crippen LogP contribution is -2.53. The van der Waals surface area contributed by atoms with Crippen molar-refractivity contribution in [2.45, 2.75) is 69.9 Å². The number of carbonyl (C=O) groups excluding carboxylic acids is 4. The molecule has 2 aromatic rings. The maximum absolute atomic E-state index is 14.2. The first kappa shape index (κ1) is 26.5. The molecule has 0 bridgehead atoms. The van der Waals surface area contributed by atoms with Gasteiger partial charge in [-0.15, -0.1) is 0 Å². The van der Waals surface area contributed by atoms with E-state index in [4.69, 9.17) is 0 Å². The number of aromatic nitrogens is 1. The molecule has 2 amide bonds. The van der Waals surface area contributed by atoms with Crippen LogP contribution in [-0.2, 0) is 20.3 Å². The predicted octanol–water partition coefficient (Wildman–Crippen LogP) is 3.33. The minimum atomic E-state index is -3.09. The summed E-state index contributed by atoms with van der Waals surface area (Å²) in [6, 6.07) is 4.02. The van der Waals surface area contributed by atoms with Crippen LogP contribution in [0.25, 0.3) is 10.9 Å². The number of aliphatic hydroxyl groups is 1. The van der Waals surface area contributed by atoms with Gasteiger partial charge in [-0.25, -0.2) is 8.78 Å². The highest BCUT2D eigenvalue weighted by molar-refractivity contribution is 6.02. The molecule has 1 saturated heterocycles. The molecule has 2 aliphatic carbocycles. The number of H-pyrrole nitrogens is 1. The Bertz CT molecular complexity index is 1270. The van der Waals surface area contributed by atoms with Crippen molar-refractivity contribution in [3.05, 3.63) is 35.5 Å². The number of carbonyl (C=O) groups is 4. The van der Waals surface area contributed by atoms with Gasteiger partial charge in [0.05, 0.1) is 6.04 Å². The van der Waals surface area contributed by atoms with Crippen molar-refractivity contribution in [2.75, 3.05) is 13.2 Å². The van der Waals surface area contributed by atoms with Crippen molar-refractivity contribution in [3.63, 3.8) is 0 Å². The molecule has 2 saturated carbocycles. The Hall–Kier alpha value is -3.14. The number of rotatable bonds is 8. The molecule has 3 N–H and O–H groups in total. The van der Waals surface area contributed by atoms with Crippen LogP contribution in [-0.4, -0.2) is 63.6 Å². The highest BCUT2D eigenvalue weighted by Crippen LogP contribution is 2.43. The standard InChI is InChI=1S/C28H33F2N3O5/c1-28(29,30)19-8-4-9-20-18(19)12-22(31-20)27(38)33-13-16-6-2-7-17(16)25(33)26(37)32-21(24(36)14-34)11-15-5-3-10-23(15)35/h4,8-9,12,15-17,21,25,31,34H,2-3,5-7,10-11,13-14H2,1H3,(H,32,37)/t15-,16-,17-,21-,25-/m0/s1. The normalized spacial score (nSPS) is 26.1. The van der Waals surface area contributed by atoms with E-state index >= 15 is 0 Å². The maximum atomic E-state index is 14.2. The quantitative estimate of drug-likeness (QED) is 0.485. The van der Waals surface area contributed by atoms with Gasteiger partial charge in [-0.3, -0.25) is 19.2 Å². The van der Waals surface area contributed by atoms with Crippen molar-refractivity contribution >= 4 is 34.3 Å². The van der Waals surface area contributed by atoms with Gasteiger partial charge in [-0.05, 0) is 56.1 Å². The molecule has 0 spiro atoms. The second kappa shape index (κ2) is 10.2. The van der Waals surface area contributed by atoms with Crippen molar-refractivity contribution in [3.8, 4) is 0 Å². The minimum Gasteiger partial charge on any atom is -0.389 e. The molecular formula is C28H33F2N3O5. The van der Waals surface area contributed by atoms with Crippen molar-refractivity contribution in [1.29, 1.82) is 0 Å². The van der Waals surface area contributed by atoms with Crippen LogP contribution >= 0.6 is 0 Å². The number of likely N-dealkylation sites (tertiary alicyclic amines) is 1. The van der Waals surface area contributed by atoms with Gasteiger partial charge < -0.3 is 20.3 Å². The Morgan fingerprint density at radius 1 is 1.21 bits per heavy atom. The number of ketones is 2. The smallest absolute Gasteiger partial charge is 0.271 e. The second-order valence-corrected chi connectivity index (χ2v) is 11.1. The number of benzene rings is 1. The van der Waals surface area contributed by atoms with Crippen molar-refractivity contribution in [1.82, 2.24) is 15.2 Å². The highest BCUT2D eigenvalue weighted by Gasteiger charge is 2.50. The molecule has 5 rings (SSSR count). The van der Waals surface area contributed by atoms with Gasteiger partial charge in [0.2, 0.25) is 5.91 Å². The number of aliphatic hydroxyl groups excluding tert-OH is 1. The van der Waals surface area contributed by atoms with E-state index in [-0.39, 0.29) is 46.6 Å². The topological polar surface area (TPSA) is 120 Å². The number of fused-ring (bicyclic) bond motifs is 2. The molecule has 3 aliphatic rings. The summed E-state index contributed by atoms with van der Waals surface area (Å²) in [6.07, 6.45) is 4.51. The molecular weight excluding hydrogens is 496 g/mol. The van der Waals surface area contributed by atoms with E-state index in [1.807, 2.05) is 0 Å². The van der Waals surface area contributed by atoms with Crippen LogP contribution in [0.4, 0.5) is 8.78 Å². The Balaban J connectivity index is 1.41. The number of alkyl halides is 2. The maximum Gasteiger partial charge on any atom is 0.271 e. The second-order valence-electron chi connectivity index (χ2n) is 11.1. The molecule has 0 radical (unpaired) electrons. The summed E-state index contributed by atoms with van der Waals surface area (Å²) in [5.74, 6) is -4.85. The van der Waals surface area contributed by atoms with Gasteiger partial charge in [-0.1, -0.05) is 18.6 Å². The first-order valence-electron chi connectivity index (χ1n) is 13.4. The number of hydrogen-bond acceptors (Lipinski definition) is 5. The molecule has 8 nitrogen and oxygen atoms in total. The zero-order valence-electron chi connectivity index (χ0n) is 21.3. The summed E-state index contributed by atoms with van der Waals surface area (Å²) in [6.45, 7) is 0.402. The van der Waals surface area contributed by atoms with E-state index in [1.54, 1.807) is 6.07 Å². The SMILES string of the molecule is CC(F)(F)c1cccc2[nH]c(C(=O)N3C[C@@H]4CCC[C@@H]4[C@H]3C(=O)N[C@@H](C[C@@H]3CCCC3=O)C(=O)CO)cc12. The summed E-state index contributed by atoms with van der Waals surface area (Å²) in [5.41, 5.74) is 0.335. The lowest BCUT2D eigenvalue weighted by molar-refractivity contribution is -0.133. The van der Waals surface area contributed by atoms with Gasteiger partial charge in [0.15, 0.2) is 5.78 Å². The third-order valence-corrected chi connectivity index (χ3v) is 8.60.